The maximum atomic E-state index is 5.92. The monoisotopic (exact) mass is 350 g/mol. The minimum absolute atomic E-state index is 0.603. The van der Waals surface area contributed by atoms with E-state index in [1.807, 2.05) is 19.9 Å². The van der Waals surface area contributed by atoms with E-state index in [4.69, 9.17) is 46.4 Å². The molecule has 0 saturated heterocycles. The van der Waals surface area contributed by atoms with Crippen molar-refractivity contribution in [3.8, 4) is 0 Å². The number of aryl methyl sites for hydroxylation is 2. The molecule has 0 unspecified atom stereocenters. The second-order valence-electron chi connectivity index (χ2n) is 3.17. The molecular weight excluding hydrogens is 342 g/mol. The summed E-state index contributed by atoms with van der Waals surface area (Å²) in [4.78, 5) is 7.72. The summed E-state index contributed by atoms with van der Waals surface area (Å²) in [6.07, 6.45) is 0.849. The zero-order valence-electron chi connectivity index (χ0n) is 9.08. The van der Waals surface area contributed by atoms with Crippen LogP contribution in [0, 0.1) is 6.92 Å². The zero-order valence-corrected chi connectivity index (χ0v) is 13.7. The predicted molar refractivity (Wildman–Crippen MR) is 79.5 cm³/mol. The van der Waals surface area contributed by atoms with Gasteiger partial charge >= 0.3 is 0 Å². The van der Waals surface area contributed by atoms with E-state index in [-0.39, 0.29) is 0 Å². The molecule has 0 amide bonds. The van der Waals surface area contributed by atoms with Crippen LogP contribution in [0.25, 0.3) is 0 Å². The van der Waals surface area contributed by atoms with Gasteiger partial charge in [0.2, 0.25) is 3.67 Å². The summed E-state index contributed by atoms with van der Waals surface area (Å²) in [5, 5.41) is 0.603. The van der Waals surface area contributed by atoms with Crippen LogP contribution in [0.4, 0.5) is 0 Å². The fourth-order valence-corrected chi connectivity index (χ4v) is 3.77. The third kappa shape index (κ3) is 5.21. The Balaban J connectivity index is 2.72. The molecule has 0 aliphatic heterocycles. The van der Waals surface area contributed by atoms with Crippen LogP contribution in [0.5, 0.6) is 0 Å². The van der Waals surface area contributed by atoms with Crippen molar-refractivity contribution in [2.24, 2.45) is 0 Å². The summed E-state index contributed by atoms with van der Waals surface area (Å²) in [7, 11) is 2.39. The number of hydrogen-bond acceptors (Lipinski definition) is 4. The second-order valence-corrected chi connectivity index (χ2v) is 8.44. The van der Waals surface area contributed by atoms with Gasteiger partial charge in [0.05, 0.1) is 0 Å². The summed E-state index contributed by atoms with van der Waals surface area (Å²) < 4.78 is -1.28. The average Bonchev–Trinajstić information content (AvgIpc) is 2.25. The van der Waals surface area contributed by atoms with Crippen LogP contribution in [0.15, 0.2) is 11.2 Å². The van der Waals surface area contributed by atoms with E-state index in [0.29, 0.717) is 5.16 Å². The first-order valence-electron chi connectivity index (χ1n) is 4.71. The average molecular weight is 352 g/mol. The number of aromatic nitrogens is 2. The normalized spacial score (nSPS) is 12.2. The van der Waals surface area contributed by atoms with E-state index < -0.39 is 8.50 Å². The Hall–Kier alpha value is 0.940. The minimum atomic E-state index is -1.28. The molecule has 0 bridgehead atoms. The Morgan fingerprint density at radius 3 is 2.53 bits per heavy atom. The smallest absolute Gasteiger partial charge is 0.203 e. The highest BCUT2D eigenvalue weighted by atomic mass is 35.5. The van der Waals surface area contributed by atoms with Crippen molar-refractivity contribution in [2.45, 2.75) is 33.9 Å². The third-order valence-corrected chi connectivity index (χ3v) is 6.90. The molecule has 0 aliphatic rings. The molecule has 0 N–H and O–H groups in total. The van der Waals surface area contributed by atoms with Crippen molar-refractivity contribution in [3.05, 3.63) is 17.5 Å². The lowest BCUT2D eigenvalue weighted by atomic mass is 10.3. The number of rotatable bonds is 5. The number of alkyl halides is 4. The summed E-state index contributed by atoms with van der Waals surface area (Å²) in [5.74, 6) is 0. The first-order chi connectivity index (χ1) is 7.85. The van der Waals surface area contributed by atoms with E-state index >= 15 is 0 Å². The lowest BCUT2D eigenvalue weighted by Crippen LogP contribution is -2.15. The molecule has 8 heteroatoms. The van der Waals surface area contributed by atoms with Gasteiger partial charge in [0.1, 0.15) is 0 Å². The van der Waals surface area contributed by atoms with Crippen molar-refractivity contribution in [1.82, 2.24) is 9.97 Å². The Morgan fingerprint density at radius 2 is 2.00 bits per heavy atom. The molecular formula is C9H10Cl4N2S2. The topological polar surface area (TPSA) is 25.8 Å². The first-order valence-corrected chi connectivity index (χ1v) is 8.49. The summed E-state index contributed by atoms with van der Waals surface area (Å²) in [6, 6.07) is 1.94. The van der Waals surface area contributed by atoms with Gasteiger partial charge in [0.25, 0.3) is 0 Å². The summed E-state index contributed by atoms with van der Waals surface area (Å²) in [5.41, 5.74) is 1.88. The van der Waals surface area contributed by atoms with Gasteiger partial charge in [-0.1, -0.05) is 30.1 Å². The third-order valence-electron chi connectivity index (χ3n) is 1.73. The minimum Gasteiger partial charge on any atom is -0.227 e. The lowest BCUT2D eigenvalue weighted by Gasteiger charge is -2.18. The fourth-order valence-electron chi connectivity index (χ4n) is 0.952. The molecule has 0 saturated carbocycles. The molecule has 96 valence electrons. The summed E-state index contributed by atoms with van der Waals surface area (Å²) >= 11 is 23.1. The molecule has 0 atom stereocenters. The van der Waals surface area contributed by atoms with Gasteiger partial charge in [-0.05, 0) is 41.0 Å². The molecule has 1 aromatic rings. The predicted octanol–water partition coefficient (Wildman–Crippen LogP) is 5.02. The highest BCUT2D eigenvalue weighted by Crippen LogP contribution is 2.50. The lowest BCUT2D eigenvalue weighted by molar-refractivity contribution is 0.870. The van der Waals surface area contributed by atoms with Crippen molar-refractivity contribution in [3.63, 3.8) is 0 Å². The number of hydrogen-bond donors (Lipinski definition) is 0. The molecule has 1 rings (SSSR count). The van der Waals surface area contributed by atoms with Crippen LogP contribution in [-0.2, 0) is 6.42 Å². The molecule has 2 nitrogen and oxygen atoms in total. The van der Waals surface area contributed by atoms with Gasteiger partial charge in [-0.15, -0.1) is 23.2 Å². The van der Waals surface area contributed by atoms with Crippen LogP contribution in [0.2, 0.25) is 0 Å². The van der Waals surface area contributed by atoms with Gasteiger partial charge in [-0.3, -0.25) is 0 Å². The molecule has 0 radical (unpaired) electrons. The van der Waals surface area contributed by atoms with Gasteiger partial charge < -0.3 is 0 Å². The Morgan fingerprint density at radius 1 is 1.35 bits per heavy atom. The zero-order chi connectivity index (χ0) is 13.1. The SMILES string of the molecule is CCc1cc(C)nc(SSC(Cl)(Cl)C(Cl)Cl)n1. The molecule has 0 aromatic carbocycles. The second kappa shape index (κ2) is 6.92. The van der Waals surface area contributed by atoms with Gasteiger partial charge in [0.15, 0.2) is 9.99 Å². The molecule has 17 heavy (non-hydrogen) atoms. The van der Waals surface area contributed by atoms with Crippen LogP contribution >= 0.6 is 68.0 Å². The molecule has 1 heterocycles. The van der Waals surface area contributed by atoms with E-state index in [1.165, 1.54) is 10.8 Å². The standard InChI is InChI=1S/C9H10Cl4N2S2/c1-3-6-4-5(2)14-8(15-6)16-17-9(12,13)7(10)11/h4,7H,3H2,1-2H3. The fraction of sp³-hybridized carbons (Fsp3) is 0.556. The van der Waals surface area contributed by atoms with E-state index in [9.17, 15) is 0 Å². The van der Waals surface area contributed by atoms with E-state index in [1.54, 1.807) is 0 Å². The van der Waals surface area contributed by atoms with Crippen LogP contribution in [0.1, 0.15) is 18.3 Å². The number of nitrogens with zero attached hydrogens (tertiary/aromatic N) is 2. The van der Waals surface area contributed by atoms with Crippen molar-refractivity contribution < 1.29 is 0 Å². The van der Waals surface area contributed by atoms with Gasteiger partial charge in [-0.25, -0.2) is 9.97 Å². The van der Waals surface area contributed by atoms with Gasteiger partial charge in [-0.2, -0.15) is 0 Å². The van der Waals surface area contributed by atoms with Crippen molar-refractivity contribution in [2.75, 3.05) is 0 Å². The van der Waals surface area contributed by atoms with Crippen LogP contribution < -0.4 is 0 Å². The maximum absolute atomic E-state index is 5.92. The molecule has 0 aliphatic carbocycles. The van der Waals surface area contributed by atoms with E-state index in [2.05, 4.69) is 9.97 Å². The van der Waals surface area contributed by atoms with Crippen LogP contribution in [0.3, 0.4) is 0 Å². The molecule has 1 aromatic heterocycles. The Kier molecular flexibility index (Phi) is 6.51. The largest absolute Gasteiger partial charge is 0.227 e. The van der Waals surface area contributed by atoms with Gasteiger partial charge in [0, 0.05) is 11.4 Å². The molecule has 0 spiro atoms. The quantitative estimate of drug-likeness (QED) is 0.422. The number of halogens is 4. The van der Waals surface area contributed by atoms with Crippen LogP contribution in [-0.4, -0.2) is 18.5 Å². The Labute approximate surface area is 129 Å². The van der Waals surface area contributed by atoms with Crippen molar-refractivity contribution in [1.29, 1.82) is 0 Å². The first kappa shape index (κ1) is 16.0. The highest BCUT2D eigenvalue weighted by molar-refractivity contribution is 8.77. The molecule has 0 fully saturated rings. The Bertz CT molecular complexity index is 387. The highest BCUT2D eigenvalue weighted by Gasteiger charge is 2.34. The van der Waals surface area contributed by atoms with Crippen molar-refractivity contribution >= 4 is 68.0 Å². The van der Waals surface area contributed by atoms with E-state index in [0.717, 1.165) is 28.6 Å². The summed E-state index contributed by atoms with van der Waals surface area (Å²) in [6.45, 7) is 3.94. The maximum Gasteiger partial charge on any atom is 0.203 e.